The van der Waals surface area contributed by atoms with Crippen LogP contribution in [0.3, 0.4) is 0 Å². The van der Waals surface area contributed by atoms with E-state index in [1.54, 1.807) is 0 Å². The SMILES string of the molecule is CC(C)[C@@H]1C[C@@H](C(=O)NC(CC2CC2)C(=O)C(N)=O)N(C(=O)[C@@H](NC(=O)N[C@H](C(=O)C2CCCCC2)C(C)C)C(C)(C)C)C1. The van der Waals surface area contributed by atoms with Crippen LogP contribution >= 0.6 is 0 Å². The predicted octanol–water partition coefficient (Wildman–Crippen LogP) is 3.09. The number of urea groups is 1. The van der Waals surface area contributed by atoms with Gasteiger partial charge >= 0.3 is 6.03 Å². The van der Waals surface area contributed by atoms with Crippen molar-refractivity contribution in [3.63, 3.8) is 0 Å². The first kappa shape index (κ1) is 35.5. The molecule has 3 fully saturated rings. The van der Waals surface area contributed by atoms with Gasteiger partial charge in [-0.3, -0.25) is 24.0 Å². The molecule has 3 rings (SSSR count). The quantitative estimate of drug-likeness (QED) is 0.232. The summed E-state index contributed by atoms with van der Waals surface area (Å²) in [4.78, 5) is 80.4. The van der Waals surface area contributed by atoms with Crippen LogP contribution in [0.5, 0.6) is 0 Å². The minimum atomic E-state index is -1.10. The molecule has 2 aliphatic carbocycles. The van der Waals surface area contributed by atoms with Crippen LogP contribution in [0, 0.1) is 35.0 Å². The van der Waals surface area contributed by atoms with Crippen molar-refractivity contribution in [3.05, 3.63) is 0 Å². The van der Waals surface area contributed by atoms with Crippen molar-refractivity contribution >= 4 is 35.3 Å². The Kier molecular flexibility index (Phi) is 12.0. The maximum Gasteiger partial charge on any atom is 0.316 e. The van der Waals surface area contributed by atoms with Gasteiger partial charge in [0.25, 0.3) is 5.91 Å². The minimum absolute atomic E-state index is 0.0244. The van der Waals surface area contributed by atoms with E-state index < -0.39 is 59.1 Å². The molecule has 2 saturated carbocycles. The van der Waals surface area contributed by atoms with Crippen molar-refractivity contribution in [2.75, 3.05) is 6.54 Å². The molecule has 1 unspecified atom stereocenters. The molecule has 248 valence electrons. The van der Waals surface area contributed by atoms with Gasteiger partial charge in [-0.1, -0.05) is 80.6 Å². The number of nitrogens with two attached hydrogens (primary N) is 1. The Morgan fingerprint density at radius 3 is 1.98 bits per heavy atom. The monoisotopic (exact) mass is 617 g/mol. The Bertz CT molecular complexity index is 1090. The second kappa shape index (κ2) is 14.9. The van der Waals surface area contributed by atoms with Crippen molar-refractivity contribution in [2.45, 2.75) is 130 Å². The number of carbonyl (C=O) groups is 6. The molecule has 5 N–H and O–H groups in total. The summed E-state index contributed by atoms with van der Waals surface area (Å²) in [7, 11) is 0. The molecule has 5 atom stereocenters. The first-order chi connectivity index (χ1) is 20.5. The third kappa shape index (κ3) is 9.27. The van der Waals surface area contributed by atoms with Gasteiger partial charge in [-0.15, -0.1) is 0 Å². The van der Waals surface area contributed by atoms with E-state index >= 15 is 0 Å². The lowest BCUT2D eigenvalue weighted by atomic mass is 9.81. The second-order valence-corrected chi connectivity index (χ2v) is 15.1. The molecule has 0 aromatic rings. The molecule has 5 amide bonds. The van der Waals surface area contributed by atoms with Gasteiger partial charge in [-0.2, -0.15) is 0 Å². The van der Waals surface area contributed by atoms with E-state index in [1.807, 2.05) is 48.5 Å². The van der Waals surface area contributed by atoms with Gasteiger partial charge in [0.05, 0.1) is 12.1 Å². The van der Waals surface area contributed by atoms with Crippen LogP contribution in [0.15, 0.2) is 0 Å². The standard InChI is InChI=1S/C33H55N5O6/c1-18(2)22-16-24(30(42)35-23(15-20-13-14-20)27(40)29(34)41)38(17-22)31(43)28(33(5,6)7)37-32(44)36-25(19(3)4)26(39)21-11-9-8-10-12-21/h18-25,28H,8-17H2,1-7H3,(H2,34,41)(H,35,42)(H2,36,37,44)/t22-,23?,24+,25+,28-/m1/s1. The van der Waals surface area contributed by atoms with Gasteiger partial charge in [0.2, 0.25) is 17.6 Å². The van der Waals surface area contributed by atoms with E-state index in [-0.39, 0.29) is 35.4 Å². The summed E-state index contributed by atoms with van der Waals surface area (Å²) in [6.45, 7) is 13.7. The highest BCUT2D eigenvalue weighted by molar-refractivity contribution is 6.37. The van der Waals surface area contributed by atoms with E-state index in [0.717, 1.165) is 44.9 Å². The Hall–Kier alpha value is -2.98. The highest BCUT2D eigenvalue weighted by Crippen LogP contribution is 2.35. The number of hydrogen-bond acceptors (Lipinski definition) is 6. The average Bonchev–Trinajstić information content (AvgIpc) is 3.65. The maximum absolute atomic E-state index is 14.2. The number of hydrogen-bond donors (Lipinski definition) is 4. The van der Waals surface area contributed by atoms with E-state index in [4.69, 9.17) is 5.73 Å². The Morgan fingerprint density at radius 2 is 1.48 bits per heavy atom. The molecule has 0 radical (unpaired) electrons. The highest BCUT2D eigenvalue weighted by Gasteiger charge is 2.46. The summed E-state index contributed by atoms with van der Waals surface area (Å²) in [6, 6.07) is -4.16. The molecule has 11 heteroatoms. The molecule has 3 aliphatic rings. The smallest absolute Gasteiger partial charge is 0.316 e. The average molecular weight is 618 g/mol. The topological polar surface area (TPSA) is 168 Å². The summed E-state index contributed by atoms with van der Waals surface area (Å²) < 4.78 is 0. The van der Waals surface area contributed by atoms with Crippen molar-refractivity contribution in [1.29, 1.82) is 0 Å². The Balaban J connectivity index is 1.79. The van der Waals surface area contributed by atoms with Crippen LogP contribution in [0.1, 0.15) is 106 Å². The van der Waals surface area contributed by atoms with E-state index in [2.05, 4.69) is 16.0 Å². The van der Waals surface area contributed by atoms with Gasteiger partial charge in [-0.05, 0) is 54.8 Å². The van der Waals surface area contributed by atoms with Gasteiger partial charge in [0.1, 0.15) is 12.1 Å². The van der Waals surface area contributed by atoms with Crippen LogP contribution in [-0.4, -0.2) is 70.9 Å². The van der Waals surface area contributed by atoms with Crippen molar-refractivity contribution in [3.8, 4) is 0 Å². The van der Waals surface area contributed by atoms with Crippen molar-refractivity contribution in [1.82, 2.24) is 20.9 Å². The molecule has 1 heterocycles. The number of primary amides is 1. The van der Waals surface area contributed by atoms with Crippen LogP contribution in [0.25, 0.3) is 0 Å². The second-order valence-electron chi connectivity index (χ2n) is 15.1. The Labute approximate surface area is 262 Å². The fraction of sp³-hybridized carbons (Fsp3) is 0.818. The zero-order chi connectivity index (χ0) is 32.9. The number of amides is 5. The molecule has 11 nitrogen and oxygen atoms in total. The lowest BCUT2D eigenvalue weighted by Gasteiger charge is -2.36. The number of ketones is 2. The summed E-state index contributed by atoms with van der Waals surface area (Å²) in [6.07, 6.45) is 7.37. The van der Waals surface area contributed by atoms with E-state index in [9.17, 15) is 28.8 Å². The van der Waals surface area contributed by atoms with Gasteiger partial charge in [-0.25, -0.2) is 4.79 Å². The molecule has 1 aliphatic heterocycles. The van der Waals surface area contributed by atoms with E-state index in [1.165, 1.54) is 4.90 Å². The highest BCUT2D eigenvalue weighted by atomic mass is 16.2. The fourth-order valence-electron chi connectivity index (χ4n) is 6.54. The van der Waals surface area contributed by atoms with Gasteiger partial charge < -0.3 is 26.6 Å². The molecule has 1 saturated heterocycles. The minimum Gasteiger partial charge on any atom is -0.363 e. The largest absolute Gasteiger partial charge is 0.363 e. The zero-order valence-electron chi connectivity index (χ0n) is 27.7. The normalized spacial score (nSPS) is 23.2. The predicted molar refractivity (Wildman–Crippen MR) is 167 cm³/mol. The number of likely N-dealkylation sites (tertiary alicyclic amines) is 1. The van der Waals surface area contributed by atoms with Crippen LogP contribution in [0.4, 0.5) is 4.79 Å². The van der Waals surface area contributed by atoms with Crippen molar-refractivity contribution in [2.24, 2.45) is 40.7 Å². The number of carbonyl (C=O) groups excluding carboxylic acids is 6. The molecular formula is C33H55N5O6. The molecule has 0 aromatic heterocycles. The first-order valence-corrected chi connectivity index (χ1v) is 16.6. The third-order valence-electron chi connectivity index (χ3n) is 9.66. The lowest BCUT2D eigenvalue weighted by Crippen LogP contribution is -2.61. The molecule has 0 aromatic carbocycles. The first-order valence-electron chi connectivity index (χ1n) is 16.6. The maximum atomic E-state index is 14.2. The van der Waals surface area contributed by atoms with Gasteiger partial charge in [0.15, 0.2) is 5.78 Å². The zero-order valence-corrected chi connectivity index (χ0v) is 27.7. The number of nitrogens with one attached hydrogen (secondary N) is 3. The van der Waals surface area contributed by atoms with Gasteiger partial charge in [0, 0.05) is 12.5 Å². The summed E-state index contributed by atoms with van der Waals surface area (Å²) in [5.74, 6) is -2.54. The fourth-order valence-corrected chi connectivity index (χ4v) is 6.54. The van der Waals surface area contributed by atoms with Crippen molar-refractivity contribution < 1.29 is 28.8 Å². The summed E-state index contributed by atoms with van der Waals surface area (Å²) >= 11 is 0. The van der Waals surface area contributed by atoms with E-state index in [0.29, 0.717) is 19.4 Å². The van der Waals surface area contributed by atoms with Crippen LogP contribution < -0.4 is 21.7 Å². The number of rotatable bonds is 13. The summed E-state index contributed by atoms with van der Waals surface area (Å²) in [5.41, 5.74) is 4.56. The molecule has 44 heavy (non-hydrogen) atoms. The van der Waals surface area contributed by atoms with Crippen LogP contribution in [-0.2, 0) is 24.0 Å². The lowest BCUT2D eigenvalue weighted by molar-refractivity contribution is -0.143. The third-order valence-corrected chi connectivity index (χ3v) is 9.66. The molecule has 0 spiro atoms. The van der Waals surface area contributed by atoms with Crippen LogP contribution in [0.2, 0.25) is 0 Å². The molecule has 0 bridgehead atoms. The summed E-state index contributed by atoms with van der Waals surface area (Å²) in [5, 5.41) is 8.45. The molecular weight excluding hydrogens is 562 g/mol. The number of nitrogens with zero attached hydrogens (tertiary/aromatic N) is 1. The Morgan fingerprint density at radius 1 is 0.864 bits per heavy atom. The number of Topliss-reactive ketones (excluding diaryl/α,β-unsaturated/α-hetero) is 2.